The molecule has 0 aliphatic heterocycles. The predicted octanol–water partition coefficient (Wildman–Crippen LogP) is 4.13. The van der Waals surface area contributed by atoms with E-state index in [1.165, 1.54) is 22.7 Å². The van der Waals surface area contributed by atoms with Crippen molar-refractivity contribution in [2.45, 2.75) is 13.8 Å². The summed E-state index contributed by atoms with van der Waals surface area (Å²) >= 11 is 2.71. The summed E-state index contributed by atoms with van der Waals surface area (Å²) in [6.45, 7) is 3.37. The van der Waals surface area contributed by atoms with E-state index >= 15 is 0 Å². The van der Waals surface area contributed by atoms with Gasteiger partial charge >= 0.3 is 0 Å². The Morgan fingerprint density at radius 3 is 1.61 bits per heavy atom. The molecule has 2 N–H and O–H groups in total. The highest BCUT2D eigenvalue weighted by molar-refractivity contribution is 7.23. The van der Waals surface area contributed by atoms with E-state index in [2.05, 4.69) is 20.6 Å². The van der Waals surface area contributed by atoms with Gasteiger partial charge in [0.1, 0.15) is 35.7 Å². The Morgan fingerprint density at radius 2 is 1.21 bits per heavy atom. The van der Waals surface area contributed by atoms with Crippen molar-refractivity contribution in [3.63, 3.8) is 0 Å². The molecule has 0 saturated heterocycles. The number of nitrogens with zero attached hydrogens (tertiary/aromatic N) is 2. The van der Waals surface area contributed by atoms with Crippen LogP contribution in [0.3, 0.4) is 0 Å². The van der Waals surface area contributed by atoms with Crippen molar-refractivity contribution in [3.05, 3.63) is 35.4 Å². The standard InChI is InChI=1S/C22H22N4O5S2/c1-11-5-7-13(29-3)17-19(11)32-21(25-17)23-15(27)9-31-10-16(28)24-22-26-18-14(30-4)8-6-12(2)20(18)33-22/h5-8H,9-10H2,1-4H3,(H,23,25,27)(H,24,26,28). The summed E-state index contributed by atoms with van der Waals surface area (Å²) in [5.41, 5.74) is 3.47. The quantitative estimate of drug-likeness (QED) is 0.385. The molecule has 2 aromatic heterocycles. The molecule has 33 heavy (non-hydrogen) atoms. The van der Waals surface area contributed by atoms with E-state index in [4.69, 9.17) is 14.2 Å². The fraction of sp³-hybridized carbons (Fsp3) is 0.273. The van der Waals surface area contributed by atoms with Crippen molar-refractivity contribution >= 4 is 65.2 Å². The van der Waals surface area contributed by atoms with Crippen molar-refractivity contribution in [3.8, 4) is 11.5 Å². The maximum Gasteiger partial charge on any atom is 0.252 e. The van der Waals surface area contributed by atoms with Crippen LogP contribution in [0.1, 0.15) is 11.1 Å². The fourth-order valence-electron chi connectivity index (χ4n) is 3.20. The van der Waals surface area contributed by atoms with Crippen molar-refractivity contribution in [1.29, 1.82) is 0 Å². The van der Waals surface area contributed by atoms with Gasteiger partial charge in [0.15, 0.2) is 10.3 Å². The van der Waals surface area contributed by atoms with Crippen molar-refractivity contribution < 1.29 is 23.8 Å². The summed E-state index contributed by atoms with van der Waals surface area (Å²) in [6.07, 6.45) is 0. The normalized spacial score (nSPS) is 11.0. The van der Waals surface area contributed by atoms with Crippen molar-refractivity contribution in [2.24, 2.45) is 0 Å². The Balaban J connectivity index is 1.31. The van der Waals surface area contributed by atoms with E-state index in [9.17, 15) is 9.59 Å². The van der Waals surface area contributed by atoms with E-state index in [1.54, 1.807) is 14.2 Å². The Labute approximate surface area is 197 Å². The highest BCUT2D eigenvalue weighted by Gasteiger charge is 2.15. The molecule has 0 fully saturated rings. The van der Waals surface area contributed by atoms with E-state index < -0.39 is 11.8 Å². The number of hydrogen-bond acceptors (Lipinski definition) is 9. The Morgan fingerprint density at radius 1 is 0.788 bits per heavy atom. The van der Waals surface area contributed by atoms with Gasteiger partial charge in [-0.1, -0.05) is 34.8 Å². The minimum absolute atomic E-state index is 0.285. The molecule has 4 aromatic rings. The number of benzene rings is 2. The second kappa shape index (κ2) is 9.69. The van der Waals surface area contributed by atoms with Gasteiger partial charge in [0.2, 0.25) is 0 Å². The first-order valence-corrected chi connectivity index (χ1v) is 11.6. The van der Waals surface area contributed by atoms with Crippen molar-refractivity contribution in [1.82, 2.24) is 9.97 Å². The Hall–Kier alpha value is -3.28. The molecule has 0 unspecified atom stereocenters. The summed E-state index contributed by atoms with van der Waals surface area (Å²) in [7, 11) is 3.15. The molecule has 4 rings (SSSR count). The van der Waals surface area contributed by atoms with Gasteiger partial charge in [-0.15, -0.1) is 0 Å². The molecule has 0 bridgehead atoms. The molecule has 2 amide bonds. The molecule has 9 nitrogen and oxygen atoms in total. The topological polar surface area (TPSA) is 112 Å². The third-order valence-corrected chi connectivity index (χ3v) is 7.02. The van der Waals surface area contributed by atoms with Gasteiger partial charge < -0.3 is 14.2 Å². The molecule has 0 radical (unpaired) electrons. The monoisotopic (exact) mass is 486 g/mol. The summed E-state index contributed by atoms with van der Waals surface area (Å²) in [5, 5.41) is 6.28. The smallest absolute Gasteiger partial charge is 0.252 e. The van der Waals surface area contributed by atoms with Crippen LogP contribution in [0.15, 0.2) is 24.3 Å². The number of carbonyl (C=O) groups excluding carboxylic acids is 2. The number of rotatable bonds is 8. The summed E-state index contributed by atoms with van der Waals surface area (Å²) < 4.78 is 17.8. The number of carbonyl (C=O) groups is 2. The lowest BCUT2D eigenvalue weighted by Crippen LogP contribution is -2.23. The van der Waals surface area contributed by atoms with Gasteiger partial charge in [0.25, 0.3) is 11.8 Å². The second-order valence-electron chi connectivity index (χ2n) is 7.15. The zero-order valence-corrected chi connectivity index (χ0v) is 20.1. The zero-order chi connectivity index (χ0) is 23.5. The molecule has 2 heterocycles. The lowest BCUT2D eigenvalue weighted by atomic mass is 10.2. The maximum atomic E-state index is 12.2. The highest BCUT2D eigenvalue weighted by Crippen LogP contribution is 2.35. The van der Waals surface area contributed by atoms with Crippen LogP contribution in [0, 0.1) is 13.8 Å². The number of ether oxygens (including phenoxy) is 3. The van der Waals surface area contributed by atoms with Gasteiger partial charge in [-0.3, -0.25) is 20.2 Å². The molecule has 0 aliphatic rings. The average Bonchev–Trinajstić information content (AvgIpc) is 3.40. The number of aryl methyl sites for hydroxylation is 2. The first-order chi connectivity index (χ1) is 15.9. The van der Waals surface area contributed by atoms with Gasteiger partial charge in [0.05, 0.1) is 23.6 Å². The average molecular weight is 487 g/mol. The van der Waals surface area contributed by atoms with Gasteiger partial charge in [0, 0.05) is 0 Å². The van der Waals surface area contributed by atoms with Crippen LogP contribution in [-0.4, -0.2) is 49.2 Å². The van der Waals surface area contributed by atoms with E-state index in [0.29, 0.717) is 32.8 Å². The molecular formula is C22H22N4O5S2. The van der Waals surface area contributed by atoms with Crippen LogP contribution in [0.2, 0.25) is 0 Å². The van der Waals surface area contributed by atoms with Crippen LogP contribution >= 0.6 is 22.7 Å². The number of nitrogens with one attached hydrogen (secondary N) is 2. The number of amides is 2. The van der Waals surface area contributed by atoms with Crippen molar-refractivity contribution in [2.75, 3.05) is 38.1 Å². The second-order valence-corrected chi connectivity index (χ2v) is 9.15. The molecule has 11 heteroatoms. The number of aromatic nitrogens is 2. The third-order valence-electron chi connectivity index (χ3n) is 4.81. The predicted molar refractivity (Wildman–Crippen MR) is 130 cm³/mol. The summed E-state index contributed by atoms with van der Waals surface area (Å²) in [6, 6.07) is 7.56. The zero-order valence-electron chi connectivity index (χ0n) is 18.5. The number of anilines is 2. The lowest BCUT2D eigenvalue weighted by Gasteiger charge is -2.04. The number of thiazole rings is 2. The molecule has 0 spiro atoms. The molecular weight excluding hydrogens is 464 g/mol. The van der Waals surface area contributed by atoms with Crippen LogP contribution in [0.5, 0.6) is 11.5 Å². The molecule has 0 aliphatic carbocycles. The molecule has 0 saturated carbocycles. The number of hydrogen-bond donors (Lipinski definition) is 2. The van der Waals surface area contributed by atoms with Crippen LogP contribution in [0.25, 0.3) is 20.4 Å². The van der Waals surface area contributed by atoms with E-state index in [1.807, 2.05) is 38.1 Å². The Bertz CT molecular complexity index is 1250. The third kappa shape index (κ3) is 4.90. The summed E-state index contributed by atoms with van der Waals surface area (Å²) in [4.78, 5) is 33.3. The minimum atomic E-state index is -0.404. The molecule has 172 valence electrons. The number of fused-ring (bicyclic) bond motifs is 2. The fourth-order valence-corrected chi connectivity index (χ4v) is 5.14. The number of methoxy groups -OCH3 is 2. The highest BCUT2D eigenvalue weighted by atomic mass is 32.1. The molecule has 0 atom stereocenters. The van der Waals surface area contributed by atoms with Gasteiger partial charge in [-0.2, -0.15) is 0 Å². The van der Waals surface area contributed by atoms with Gasteiger partial charge in [-0.05, 0) is 37.1 Å². The van der Waals surface area contributed by atoms with Crippen LogP contribution in [0.4, 0.5) is 10.3 Å². The molecule has 2 aromatic carbocycles. The Kier molecular flexibility index (Phi) is 6.72. The lowest BCUT2D eigenvalue weighted by molar-refractivity contribution is -0.125. The van der Waals surface area contributed by atoms with Gasteiger partial charge in [-0.25, -0.2) is 9.97 Å². The van der Waals surface area contributed by atoms with Crippen LogP contribution in [-0.2, 0) is 14.3 Å². The van der Waals surface area contributed by atoms with Crippen LogP contribution < -0.4 is 20.1 Å². The largest absolute Gasteiger partial charge is 0.494 e. The van der Waals surface area contributed by atoms with E-state index in [0.717, 1.165) is 20.5 Å². The minimum Gasteiger partial charge on any atom is -0.494 e. The van der Waals surface area contributed by atoms with E-state index in [-0.39, 0.29) is 13.2 Å². The SMILES string of the molecule is COc1ccc(C)c2sc(NC(=O)COCC(=O)Nc3nc4c(OC)ccc(C)c4s3)nc12. The first kappa shape index (κ1) is 22.9. The first-order valence-electron chi connectivity index (χ1n) is 9.95. The summed E-state index contributed by atoms with van der Waals surface area (Å²) in [5.74, 6) is 0.475. The maximum absolute atomic E-state index is 12.2.